The number of amides is 1. The van der Waals surface area contributed by atoms with Crippen LogP contribution in [0.2, 0.25) is 0 Å². The third-order valence-electron chi connectivity index (χ3n) is 4.95. The number of anilines is 1. The van der Waals surface area contributed by atoms with Gasteiger partial charge in [-0.25, -0.2) is 4.79 Å². The molecule has 138 valence electrons. The fourth-order valence-corrected chi connectivity index (χ4v) is 4.88. The van der Waals surface area contributed by atoms with Gasteiger partial charge < -0.3 is 15.2 Å². The second-order valence-corrected chi connectivity index (χ2v) is 8.13. The van der Waals surface area contributed by atoms with Crippen LogP contribution >= 0.6 is 11.3 Å². The highest BCUT2D eigenvalue weighted by Gasteiger charge is 2.32. The molecule has 1 atom stereocenters. The predicted octanol–water partition coefficient (Wildman–Crippen LogP) is 2.05. The Hall–Kier alpha value is -1.44. The van der Waals surface area contributed by atoms with Crippen LogP contribution in [0.4, 0.5) is 5.00 Å². The van der Waals surface area contributed by atoms with Crippen molar-refractivity contribution < 1.29 is 19.4 Å². The quantitative estimate of drug-likeness (QED) is 0.722. The molecule has 0 radical (unpaired) electrons. The molecule has 1 saturated carbocycles. The fraction of sp³-hybridized carbons (Fsp3) is 0.667. The van der Waals surface area contributed by atoms with Crippen LogP contribution in [0.1, 0.15) is 47.0 Å². The van der Waals surface area contributed by atoms with Gasteiger partial charge in [0.05, 0.1) is 25.8 Å². The van der Waals surface area contributed by atoms with Gasteiger partial charge in [0.25, 0.3) is 0 Å². The molecule has 1 aromatic rings. The minimum absolute atomic E-state index is 0.0440. The molecule has 25 heavy (non-hydrogen) atoms. The number of carbonyl (C=O) groups excluding carboxylic acids is 2. The van der Waals surface area contributed by atoms with E-state index in [1.807, 2.05) is 4.90 Å². The minimum atomic E-state index is -0.378. The second-order valence-electron chi connectivity index (χ2n) is 7.02. The number of thiophene rings is 1. The van der Waals surface area contributed by atoms with Crippen molar-refractivity contribution in [1.29, 1.82) is 0 Å². The summed E-state index contributed by atoms with van der Waals surface area (Å²) in [4.78, 5) is 27.9. The van der Waals surface area contributed by atoms with Gasteiger partial charge in [-0.3, -0.25) is 9.69 Å². The van der Waals surface area contributed by atoms with Crippen LogP contribution in [-0.2, 0) is 22.4 Å². The topological polar surface area (TPSA) is 78.9 Å². The van der Waals surface area contributed by atoms with Gasteiger partial charge in [0, 0.05) is 17.5 Å². The maximum absolute atomic E-state index is 12.5. The van der Waals surface area contributed by atoms with Gasteiger partial charge in [-0.2, -0.15) is 0 Å². The zero-order valence-corrected chi connectivity index (χ0v) is 15.7. The van der Waals surface area contributed by atoms with Crippen molar-refractivity contribution >= 4 is 28.2 Å². The fourth-order valence-electron chi connectivity index (χ4n) is 3.47. The molecule has 1 unspecified atom stereocenters. The molecule has 1 fully saturated rings. The summed E-state index contributed by atoms with van der Waals surface area (Å²) in [5, 5.41) is 12.7. The lowest BCUT2D eigenvalue weighted by Crippen LogP contribution is -2.36. The lowest BCUT2D eigenvalue weighted by atomic mass is 9.88. The number of hydrogen-bond donors (Lipinski definition) is 2. The van der Waals surface area contributed by atoms with E-state index in [0.717, 1.165) is 37.7 Å². The molecule has 3 rings (SSSR count). The summed E-state index contributed by atoms with van der Waals surface area (Å²) in [7, 11) is 1.37. The average Bonchev–Trinajstić information content (AvgIpc) is 3.36. The third-order valence-corrected chi connectivity index (χ3v) is 6.12. The Morgan fingerprint density at radius 2 is 2.12 bits per heavy atom. The van der Waals surface area contributed by atoms with E-state index in [2.05, 4.69) is 12.2 Å². The lowest BCUT2D eigenvalue weighted by Gasteiger charge is -2.20. The van der Waals surface area contributed by atoms with Crippen LogP contribution in [-0.4, -0.2) is 54.7 Å². The zero-order valence-electron chi connectivity index (χ0n) is 14.8. The standard InChI is InChI=1S/C18H26N2O4S/c1-11-3-6-13-14(9-11)25-17(16(13)18(23)24-2)19-15(22)10-20(7-8-21)12-4-5-12/h11-12,21H,3-10H2,1-2H3,(H,19,22). The van der Waals surface area contributed by atoms with Gasteiger partial charge in [0.2, 0.25) is 5.91 Å². The third kappa shape index (κ3) is 4.22. The number of fused-ring (bicyclic) bond motifs is 1. The summed E-state index contributed by atoms with van der Waals surface area (Å²) >= 11 is 1.50. The molecule has 1 amide bonds. The Bertz CT molecular complexity index is 654. The number of carbonyl (C=O) groups is 2. The highest BCUT2D eigenvalue weighted by molar-refractivity contribution is 7.17. The first-order valence-corrected chi connectivity index (χ1v) is 9.72. The number of aliphatic hydroxyl groups excluding tert-OH is 1. The van der Waals surface area contributed by atoms with Crippen molar-refractivity contribution in [1.82, 2.24) is 4.90 Å². The molecule has 0 aromatic carbocycles. The molecule has 0 saturated heterocycles. The SMILES string of the molecule is COC(=O)c1c(NC(=O)CN(CCO)C2CC2)sc2c1CCC(C)C2. The number of aliphatic hydroxyl groups is 1. The summed E-state index contributed by atoms with van der Waals surface area (Å²) in [6, 6.07) is 0.398. The molecular formula is C18H26N2O4S. The van der Waals surface area contributed by atoms with Crippen LogP contribution in [0.15, 0.2) is 0 Å². The predicted molar refractivity (Wildman–Crippen MR) is 97.2 cm³/mol. The maximum Gasteiger partial charge on any atom is 0.341 e. The van der Waals surface area contributed by atoms with Crippen molar-refractivity contribution in [2.24, 2.45) is 5.92 Å². The molecule has 1 heterocycles. The van der Waals surface area contributed by atoms with Crippen LogP contribution < -0.4 is 5.32 Å². The molecule has 7 heteroatoms. The van der Waals surface area contributed by atoms with Crippen molar-refractivity contribution in [3.63, 3.8) is 0 Å². The normalized spacial score (nSPS) is 19.6. The largest absolute Gasteiger partial charge is 0.465 e. The first-order valence-electron chi connectivity index (χ1n) is 8.91. The van der Waals surface area contributed by atoms with Crippen LogP contribution in [0.25, 0.3) is 0 Å². The van der Waals surface area contributed by atoms with Crippen molar-refractivity contribution in [2.45, 2.75) is 45.1 Å². The monoisotopic (exact) mass is 366 g/mol. The molecule has 0 bridgehead atoms. The molecular weight excluding hydrogens is 340 g/mol. The van der Waals surface area contributed by atoms with Crippen molar-refractivity contribution in [2.75, 3.05) is 32.1 Å². The first-order chi connectivity index (χ1) is 12.0. The Labute approximate surface area is 152 Å². The van der Waals surface area contributed by atoms with Crippen molar-refractivity contribution in [3.05, 3.63) is 16.0 Å². The number of nitrogens with one attached hydrogen (secondary N) is 1. The summed E-state index contributed by atoms with van der Waals surface area (Å²) in [6.45, 7) is 2.99. The number of hydrogen-bond acceptors (Lipinski definition) is 6. The number of ether oxygens (including phenoxy) is 1. The van der Waals surface area contributed by atoms with Gasteiger partial charge >= 0.3 is 5.97 Å². The number of rotatable bonds is 7. The van der Waals surface area contributed by atoms with Gasteiger partial charge in [-0.05, 0) is 43.6 Å². The Balaban J connectivity index is 1.76. The van der Waals surface area contributed by atoms with E-state index in [9.17, 15) is 9.59 Å². The lowest BCUT2D eigenvalue weighted by molar-refractivity contribution is -0.117. The van der Waals surface area contributed by atoms with Gasteiger partial charge in [-0.15, -0.1) is 11.3 Å². The number of esters is 1. The van der Waals surface area contributed by atoms with E-state index < -0.39 is 0 Å². The molecule has 0 aliphatic heterocycles. The second kappa shape index (κ2) is 7.85. The summed E-state index contributed by atoms with van der Waals surface area (Å²) in [5.41, 5.74) is 1.57. The van der Waals surface area contributed by atoms with Gasteiger partial charge in [-0.1, -0.05) is 6.92 Å². The molecule has 0 spiro atoms. The van der Waals surface area contributed by atoms with E-state index in [4.69, 9.17) is 9.84 Å². The van der Waals surface area contributed by atoms with Crippen LogP contribution in [0, 0.1) is 5.92 Å². The van der Waals surface area contributed by atoms with Crippen LogP contribution in [0.3, 0.4) is 0 Å². The summed E-state index contributed by atoms with van der Waals surface area (Å²) < 4.78 is 4.95. The van der Waals surface area contributed by atoms with E-state index in [-0.39, 0.29) is 25.0 Å². The molecule has 1 aromatic heterocycles. The summed E-state index contributed by atoms with van der Waals surface area (Å²) in [5.74, 6) is 0.0732. The van der Waals surface area contributed by atoms with E-state index >= 15 is 0 Å². The molecule has 2 N–H and O–H groups in total. The Kier molecular flexibility index (Phi) is 5.76. The highest BCUT2D eigenvalue weighted by Crippen LogP contribution is 2.40. The molecule has 2 aliphatic rings. The Morgan fingerprint density at radius 1 is 1.36 bits per heavy atom. The van der Waals surface area contributed by atoms with Crippen LogP contribution in [0.5, 0.6) is 0 Å². The van der Waals surface area contributed by atoms with E-state index in [0.29, 0.717) is 29.1 Å². The Morgan fingerprint density at radius 3 is 2.76 bits per heavy atom. The van der Waals surface area contributed by atoms with E-state index in [1.54, 1.807) is 0 Å². The molecule has 6 nitrogen and oxygen atoms in total. The molecule has 2 aliphatic carbocycles. The number of methoxy groups -OCH3 is 1. The average molecular weight is 366 g/mol. The smallest absolute Gasteiger partial charge is 0.341 e. The summed E-state index contributed by atoms with van der Waals surface area (Å²) in [6.07, 6.45) is 5.00. The van der Waals surface area contributed by atoms with E-state index in [1.165, 1.54) is 23.3 Å². The number of nitrogens with zero attached hydrogens (tertiary/aromatic N) is 1. The zero-order chi connectivity index (χ0) is 18.0. The van der Waals surface area contributed by atoms with Gasteiger partial charge in [0.15, 0.2) is 0 Å². The van der Waals surface area contributed by atoms with Gasteiger partial charge in [0.1, 0.15) is 5.00 Å². The first kappa shape index (κ1) is 18.4. The maximum atomic E-state index is 12.5. The minimum Gasteiger partial charge on any atom is -0.465 e. The highest BCUT2D eigenvalue weighted by atomic mass is 32.1. The van der Waals surface area contributed by atoms with Crippen molar-refractivity contribution in [3.8, 4) is 0 Å².